The lowest BCUT2D eigenvalue weighted by Crippen LogP contribution is -2.48. The molecule has 1 aliphatic heterocycles. The predicted octanol–water partition coefficient (Wildman–Crippen LogP) is 2.90. The molecule has 1 heterocycles. The van der Waals surface area contributed by atoms with Gasteiger partial charge in [-0.05, 0) is 41.8 Å². The number of carbonyl (C=O) groups is 1. The van der Waals surface area contributed by atoms with E-state index in [2.05, 4.69) is 11.4 Å². The molecule has 28 heavy (non-hydrogen) atoms. The molecule has 1 unspecified atom stereocenters. The topological polar surface area (TPSA) is 124 Å². The summed E-state index contributed by atoms with van der Waals surface area (Å²) in [6.07, 6.45) is 0.799. The van der Waals surface area contributed by atoms with Crippen LogP contribution in [0.15, 0.2) is 59.9 Å². The molecular formula is C21H19N5O2. The SMILES string of the molecule is CN1C(=N)NC(C)(c2cccc(-c3cccc(C#N)c3)c2)C(O)=C(C=N)C1=O. The summed E-state index contributed by atoms with van der Waals surface area (Å²) in [6, 6.07) is 16.5. The second-order valence-electron chi connectivity index (χ2n) is 6.64. The van der Waals surface area contributed by atoms with Gasteiger partial charge in [0.05, 0.1) is 17.2 Å². The van der Waals surface area contributed by atoms with Gasteiger partial charge in [-0.25, -0.2) is 0 Å². The number of amides is 1. The number of guanidine groups is 1. The molecule has 0 bridgehead atoms. The number of aliphatic hydroxyl groups is 1. The standard InChI is InChI=1S/C21H19N5O2/c1-21(18(27)17(12-23)19(28)26(2)20(24)25-21)16-8-4-7-15(10-16)14-6-3-5-13(9-14)11-22/h3-10,12,23,27H,1-2H3,(H2,24,25). The second kappa shape index (κ2) is 7.00. The fourth-order valence-corrected chi connectivity index (χ4v) is 3.15. The molecule has 3 rings (SSSR count). The van der Waals surface area contributed by atoms with Crippen LogP contribution in [0.2, 0.25) is 0 Å². The Balaban J connectivity index is 2.17. The summed E-state index contributed by atoms with van der Waals surface area (Å²) < 4.78 is 0. The van der Waals surface area contributed by atoms with E-state index in [-0.39, 0.29) is 17.3 Å². The van der Waals surface area contributed by atoms with Crippen LogP contribution >= 0.6 is 0 Å². The van der Waals surface area contributed by atoms with Crippen LogP contribution in [0.4, 0.5) is 0 Å². The Hall–Kier alpha value is -3.92. The quantitative estimate of drug-likeness (QED) is 0.618. The molecule has 0 aliphatic carbocycles. The summed E-state index contributed by atoms with van der Waals surface area (Å²) >= 11 is 0. The molecule has 0 spiro atoms. The fraction of sp³-hybridized carbons (Fsp3) is 0.143. The molecule has 0 saturated heterocycles. The first-order chi connectivity index (χ1) is 13.3. The number of hydrogen-bond donors (Lipinski definition) is 4. The summed E-state index contributed by atoms with van der Waals surface area (Å²) in [5, 5.41) is 38.6. The van der Waals surface area contributed by atoms with Gasteiger partial charge in [-0.15, -0.1) is 0 Å². The summed E-state index contributed by atoms with van der Waals surface area (Å²) in [4.78, 5) is 13.5. The molecule has 0 aromatic heterocycles. The molecule has 0 saturated carbocycles. The van der Waals surface area contributed by atoms with E-state index in [1.54, 1.807) is 37.3 Å². The number of aliphatic hydroxyl groups excluding tert-OH is 1. The van der Waals surface area contributed by atoms with Crippen LogP contribution in [0.25, 0.3) is 11.1 Å². The van der Waals surface area contributed by atoms with E-state index < -0.39 is 11.4 Å². The zero-order valence-corrected chi connectivity index (χ0v) is 15.4. The number of nitriles is 1. The molecule has 4 N–H and O–H groups in total. The lowest BCUT2D eigenvalue weighted by Gasteiger charge is -2.31. The lowest BCUT2D eigenvalue weighted by atomic mass is 9.86. The maximum atomic E-state index is 12.4. The Bertz CT molecular complexity index is 1070. The highest BCUT2D eigenvalue weighted by Gasteiger charge is 2.40. The Morgan fingerprint density at radius 1 is 1.21 bits per heavy atom. The number of rotatable bonds is 3. The summed E-state index contributed by atoms with van der Waals surface area (Å²) in [7, 11) is 1.41. The number of nitrogens with one attached hydrogen (secondary N) is 3. The fourth-order valence-electron chi connectivity index (χ4n) is 3.15. The summed E-state index contributed by atoms with van der Waals surface area (Å²) in [6.45, 7) is 1.65. The van der Waals surface area contributed by atoms with Crippen molar-refractivity contribution in [1.82, 2.24) is 10.2 Å². The first kappa shape index (κ1) is 18.9. The van der Waals surface area contributed by atoms with Crippen molar-refractivity contribution in [2.75, 3.05) is 7.05 Å². The van der Waals surface area contributed by atoms with Crippen LogP contribution in [0.3, 0.4) is 0 Å². The highest BCUT2D eigenvalue weighted by Crippen LogP contribution is 2.34. The highest BCUT2D eigenvalue weighted by atomic mass is 16.3. The largest absolute Gasteiger partial charge is 0.509 e. The third-order valence-corrected chi connectivity index (χ3v) is 4.88. The van der Waals surface area contributed by atoms with Gasteiger partial charge >= 0.3 is 0 Å². The first-order valence-electron chi connectivity index (χ1n) is 8.52. The van der Waals surface area contributed by atoms with Gasteiger partial charge in [0.1, 0.15) is 11.3 Å². The van der Waals surface area contributed by atoms with Crippen LogP contribution in [0.5, 0.6) is 0 Å². The Labute approximate surface area is 162 Å². The van der Waals surface area contributed by atoms with Crippen LogP contribution in [-0.4, -0.2) is 35.1 Å². The van der Waals surface area contributed by atoms with Gasteiger partial charge in [-0.1, -0.05) is 30.3 Å². The maximum absolute atomic E-state index is 12.4. The monoisotopic (exact) mass is 373 g/mol. The van der Waals surface area contributed by atoms with E-state index in [9.17, 15) is 9.90 Å². The van der Waals surface area contributed by atoms with Crippen molar-refractivity contribution in [2.45, 2.75) is 12.5 Å². The molecule has 2 aromatic carbocycles. The third kappa shape index (κ3) is 3.01. The molecule has 1 atom stereocenters. The van der Waals surface area contributed by atoms with E-state index in [1.165, 1.54) is 7.05 Å². The average molecular weight is 373 g/mol. The number of hydrogen-bond acceptors (Lipinski definition) is 5. The second-order valence-corrected chi connectivity index (χ2v) is 6.64. The van der Waals surface area contributed by atoms with Gasteiger partial charge in [-0.3, -0.25) is 15.1 Å². The molecule has 1 aliphatic rings. The number of carbonyl (C=O) groups excluding carboxylic acids is 1. The zero-order chi connectivity index (χ0) is 20.5. The normalized spacial score (nSPS) is 19.7. The molecule has 0 fully saturated rings. The number of likely N-dealkylation sites (N-methyl/N-ethyl adjacent to an activating group) is 1. The number of benzene rings is 2. The molecule has 7 nitrogen and oxygen atoms in total. The predicted molar refractivity (Wildman–Crippen MR) is 106 cm³/mol. The van der Waals surface area contributed by atoms with Crippen molar-refractivity contribution >= 4 is 18.1 Å². The Morgan fingerprint density at radius 2 is 1.86 bits per heavy atom. The number of nitrogens with zero attached hydrogens (tertiary/aromatic N) is 2. The van der Waals surface area contributed by atoms with Crippen LogP contribution in [0.1, 0.15) is 18.1 Å². The van der Waals surface area contributed by atoms with Crippen LogP contribution in [-0.2, 0) is 10.3 Å². The van der Waals surface area contributed by atoms with Crippen molar-refractivity contribution in [2.24, 2.45) is 0 Å². The van der Waals surface area contributed by atoms with E-state index in [1.807, 2.05) is 18.2 Å². The van der Waals surface area contributed by atoms with E-state index in [0.29, 0.717) is 11.1 Å². The van der Waals surface area contributed by atoms with Crippen molar-refractivity contribution in [3.8, 4) is 17.2 Å². The van der Waals surface area contributed by atoms with E-state index >= 15 is 0 Å². The molecule has 7 heteroatoms. The molecule has 140 valence electrons. The van der Waals surface area contributed by atoms with Gasteiger partial charge in [-0.2, -0.15) is 5.26 Å². The van der Waals surface area contributed by atoms with Gasteiger partial charge in [0, 0.05) is 13.3 Å². The minimum Gasteiger partial charge on any atom is -0.509 e. The van der Waals surface area contributed by atoms with Crippen molar-refractivity contribution < 1.29 is 9.90 Å². The van der Waals surface area contributed by atoms with Crippen molar-refractivity contribution in [1.29, 1.82) is 16.1 Å². The first-order valence-corrected chi connectivity index (χ1v) is 8.52. The molecule has 1 amide bonds. The van der Waals surface area contributed by atoms with Gasteiger partial charge in [0.2, 0.25) is 0 Å². The van der Waals surface area contributed by atoms with E-state index in [0.717, 1.165) is 22.2 Å². The smallest absolute Gasteiger partial charge is 0.265 e. The van der Waals surface area contributed by atoms with Crippen LogP contribution in [0, 0.1) is 22.1 Å². The third-order valence-electron chi connectivity index (χ3n) is 4.88. The van der Waals surface area contributed by atoms with Crippen molar-refractivity contribution in [3.63, 3.8) is 0 Å². The zero-order valence-electron chi connectivity index (χ0n) is 15.4. The van der Waals surface area contributed by atoms with Gasteiger partial charge in [0.15, 0.2) is 5.96 Å². The van der Waals surface area contributed by atoms with Crippen molar-refractivity contribution in [3.05, 3.63) is 71.0 Å². The average Bonchev–Trinajstić information content (AvgIpc) is 2.78. The van der Waals surface area contributed by atoms with Crippen LogP contribution < -0.4 is 5.32 Å². The minimum absolute atomic E-state index is 0.184. The lowest BCUT2D eigenvalue weighted by molar-refractivity contribution is -0.122. The minimum atomic E-state index is -1.28. The highest BCUT2D eigenvalue weighted by molar-refractivity contribution is 6.17. The summed E-state index contributed by atoms with van der Waals surface area (Å²) in [5.74, 6) is -1.15. The molecular weight excluding hydrogens is 354 g/mol. The Morgan fingerprint density at radius 3 is 2.50 bits per heavy atom. The molecule has 2 aromatic rings. The maximum Gasteiger partial charge on any atom is 0.265 e. The molecule has 0 radical (unpaired) electrons. The summed E-state index contributed by atoms with van der Waals surface area (Å²) in [5.41, 5.74) is 1.32. The van der Waals surface area contributed by atoms with E-state index in [4.69, 9.17) is 16.1 Å². The Kier molecular flexibility index (Phi) is 4.72. The van der Waals surface area contributed by atoms with Gasteiger partial charge in [0.25, 0.3) is 5.91 Å². The van der Waals surface area contributed by atoms with Gasteiger partial charge < -0.3 is 15.8 Å².